The van der Waals surface area contributed by atoms with E-state index >= 15 is 0 Å². The first kappa shape index (κ1) is 14.0. The van der Waals surface area contributed by atoms with Crippen LogP contribution in [0.5, 0.6) is 0 Å². The summed E-state index contributed by atoms with van der Waals surface area (Å²) in [6.45, 7) is 5.54. The normalized spacial score (nSPS) is 11.3. The van der Waals surface area contributed by atoms with Crippen molar-refractivity contribution in [1.82, 2.24) is 5.48 Å². The predicted octanol–water partition coefficient (Wildman–Crippen LogP) is 2.76. The van der Waals surface area contributed by atoms with E-state index in [0.717, 1.165) is 4.90 Å². The lowest BCUT2D eigenvalue weighted by Crippen LogP contribution is -2.34. The number of amides is 1. The van der Waals surface area contributed by atoms with E-state index in [2.05, 4.69) is 5.48 Å². The fourth-order valence-electron chi connectivity index (χ4n) is 0.919. The van der Waals surface area contributed by atoms with E-state index in [4.69, 9.17) is 4.84 Å². The second-order valence-electron chi connectivity index (χ2n) is 4.48. The lowest BCUT2D eigenvalue weighted by Gasteiger charge is -2.18. The van der Waals surface area contributed by atoms with Crippen LogP contribution in [0.1, 0.15) is 20.8 Å². The van der Waals surface area contributed by atoms with Gasteiger partial charge in [-0.25, -0.2) is 9.87 Å². The van der Waals surface area contributed by atoms with Crippen LogP contribution in [0.2, 0.25) is 0 Å². The number of nitrogens with one attached hydrogen (secondary N) is 1. The molecule has 0 spiro atoms. The van der Waals surface area contributed by atoms with Crippen molar-refractivity contribution in [2.45, 2.75) is 31.3 Å². The number of hydroxylamine groups is 1. The largest absolute Gasteiger partial charge is 0.272 e. The van der Waals surface area contributed by atoms with Crippen LogP contribution >= 0.6 is 11.8 Å². The van der Waals surface area contributed by atoms with E-state index in [-0.39, 0.29) is 17.5 Å². The summed E-state index contributed by atoms with van der Waals surface area (Å²) in [5.41, 5.74) is 1.96. The topological polar surface area (TPSA) is 38.3 Å². The van der Waals surface area contributed by atoms with Gasteiger partial charge >= 0.3 is 0 Å². The van der Waals surface area contributed by atoms with Crippen molar-refractivity contribution in [2.24, 2.45) is 0 Å². The molecule has 0 radical (unpaired) electrons. The lowest BCUT2D eigenvalue weighted by atomic mass is 10.2. The number of thioether (sulfide) groups is 1. The van der Waals surface area contributed by atoms with Gasteiger partial charge in [-0.1, -0.05) is 0 Å². The van der Waals surface area contributed by atoms with Gasteiger partial charge in [-0.05, 0) is 45.0 Å². The van der Waals surface area contributed by atoms with E-state index in [0.29, 0.717) is 0 Å². The highest BCUT2D eigenvalue weighted by Gasteiger charge is 2.12. The van der Waals surface area contributed by atoms with Gasteiger partial charge in [0.15, 0.2) is 0 Å². The zero-order valence-corrected chi connectivity index (χ0v) is 10.9. The van der Waals surface area contributed by atoms with Crippen LogP contribution in [0.4, 0.5) is 4.39 Å². The molecule has 1 N–H and O–H groups in total. The first-order chi connectivity index (χ1) is 7.87. The number of halogens is 1. The highest BCUT2D eigenvalue weighted by atomic mass is 32.2. The van der Waals surface area contributed by atoms with Crippen LogP contribution < -0.4 is 5.48 Å². The fourth-order valence-corrected chi connectivity index (χ4v) is 1.60. The summed E-state index contributed by atoms with van der Waals surface area (Å²) in [6, 6.07) is 6.01. The number of benzene rings is 1. The highest BCUT2D eigenvalue weighted by Crippen LogP contribution is 2.17. The van der Waals surface area contributed by atoms with Gasteiger partial charge in [0.2, 0.25) is 0 Å². The Morgan fingerprint density at radius 2 is 1.94 bits per heavy atom. The standard InChI is InChI=1S/C12H16FNO2S/c1-12(2,3)16-14-11(15)8-17-10-6-4-9(13)5-7-10/h4-7H,8H2,1-3H3,(H,14,15). The number of carbonyl (C=O) groups is 1. The molecule has 0 aliphatic rings. The lowest BCUT2D eigenvalue weighted by molar-refractivity contribution is -0.142. The Bertz CT molecular complexity index is 373. The Balaban J connectivity index is 2.31. The van der Waals surface area contributed by atoms with E-state index in [1.165, 1.54) is 23.9 Å². The van der Waals surface area contributed by atoms with E-state index in [1.807, 2.05) is 20.8 Å². The second kappa shape index (κ2) is 6.02. The average molecular weight is 257 g/mol. The summed E-state index contributed by atoms with van der Waals surface area (Å²) in [7, 11) is 0. The van der Waals surface area contributed by atoms with Crippen LogP contribution in [0.15, 0.2) is 29.2 Å². The van der Waals surface area contributed by atoms with Crippen molar-refractivity contribution in [3.05, 3.63) is 30.1 Å². The van der Waals surface area contributed by atoms with Crippen molar-refractivity contribution in [1.29, 1.82) is 0 Å². The van der Waals surface area contributed by atoms with Gasteiger partial charge in [-0.2, -0.15) is 0 Å². The minimum Gasteiger partial charge on any atom is -0.272 e. The quantitative estimate of drug-likeness (QED) is 0.666. The summed E-state index contributed by atoms with van der Waals surface area (Å²) in [5.74, 6) is -0.258. The van der Waals surface area contributed by atoms with Crippen LogP contribution in [-0.2, 0) is 9.63 Å². The monoisotopic (exact) mass is 257 g/mol. The molecule has 0 heterocycles. The van der Waals surface area contributed by atoms with Crippen molar-refractivity contribution < 1.29 is 14.0 Å². The summed E-state index contributed by atoms with van der Waals surface area (Å²) in [4.78, 5) is 17.4. The van der Waals surface area contributed by atoms with Gasteiger partial charge in [0, 0.05) is 4.90 Å². The van der Waals surface area contributed by atoms with E-state index in [1.54, 1.807) is 12.1 Å². The van der Waals surface area contributed by atoms with Gasteiger partial charge in [0.05, 0.1) is 11.4 Å². The van der Waals surface area contributed by atoms with Crippen LogP contribution in [0.3, 0.4) is 0 Å². The zero-order chi connectivity index (χ0) is 12.9. The fraction of sp³-hybridized carbons (Fsp3) is 0.417. The van der Waals surface area contributed by atoms with Gasteiger partial charge in [0.1, 0.15) is 5.82 Å². The molecule has 0 saturated heterocycles. The summed E-state index contributed by atoms with van der Waals surface area (Å²) in [6.07, 6.45) is 0. The maximum absolute atomic E-state index is 12.6. The van der Waals surface area contributed by atoms with Gasteiger partial charge in [-0.3, -0.25) is 9.63 Å². The Hall–Kier alpha value is -1.07. The smallest absolute Gasteiger partial charge is 0.253 e. The van der Waals surface area contributed by atoms with Crippen molar-refractivity contribution in [2.75, 3.05) is 5.75 Å². The minimum atomic E-state index is -0.407. The molecular weight excluding hydrogens is 241 g/mol. The van der Waals surface area contributed by atoms with Crippen LogP contribution in [0, 0.1) is 5.82 Å². The Labute approximate surface area is 105 Å². The highest BCUT2D eigenvalue weighted by molar-refractivity contribution is 8.00. The Morgan fingerprint density at radius 3 is 2.47 bits per heavy atom. The molecule has 94 valence electrons. The SMILES string of the molecule is CC(C)(C)ONC(=O)CSc1ccc(F)cc1. The molecular formula is C12H16FNO2S. The molecule has 17 heavy (non-hydrogen) atoms. The predicted molar refractivity (Wildman–Crippen MR) is 66.1 cm³/mol. The molecule has 1 aromatic rings. The molecule has 0 unspecified atom stereocenters. The molecule has 1 aromatic carbocycles. The third-order valence-electron chi connectivity index (χ3n) is 1.65. The molecule has 5 heteroatoms. The van der Waals surface area contributed by atoms with E-state index in [9.17, 15) is 9.18 Å². The molecule has 1 rings (SSSR count). The number of hydrogen-bond acceptors (Lipinski definition) is 3. The third kappa shape index (κ3) is 6.28. The zero-order valence-electron chi connectivity index (χ0n) is 10.1. The molecule has 3 nitrogen and oxygen atoms in total. The molecule has 1 amide bonds. The van der Waals surface area contributed by atoms with E-state index < -0.39 is 5.60 Å². The van der Waals surface area contributed by atoms with Crippen molar-refractivity contribution in [3.63, 3.8) is 0 Å². The van der Waals surface area contributed by atoms with Gasteiger partial charge in [-0.15, -0.1) is 11.8 Å². The first-order valence-corrected chi connectivity index (χ1v) is 6.20. The molecule has 0 aromatic heterocycles. The molecule has 0 saturated carbocycles. The molecule has 0 atom stereocenters. The number of carbonyl (C=O) groups excluding carboxylic acids is 1. The third-order valence-corrected chi connectivity index (χ3v) is 2.67. The Morgan fingerprint density at radius 1 is 1.35 bits per heavy atom. The van der Waals surface area contributed by atoms with Crippen molar-refractivity contribution >= 4 is 17.7 Å². The number of hydrogen-bond donors (Lipinski definition) is 1. The minimum absolute atomic E-state index is 0.214. The maximum Gasteiger partial charge on any atom is 0.253 e. The molecule has 0 aliphatic carbocycles. The van der Waals surface area contributed by atoms with Gasteiger partial charge in [0.25, 0.3) is 5.91 Å². The number of rotatable bonds is 4. The second-order valence-corrected chi connectivity index (χ2v) is 5.53. The molecule has 0 bridgehead atoms. The molecule has 0 aliphatic heterocycles. The summed E-state index contributed by atoms with van der Waals surface area (Å²) in [5, 5.41) is 0. The average Bonchev–Trinajstić information content (AvgIpc) is 2.25. The van der Waals surface area contributed by atoms with Gasteiger partial charge < -0.3 is 0 Å². The molecule has 0 fully saturated rings. The summed E-state index contributed by atoms with van der Waals surface area (Å²) >= 11 is 1.33. The maximum atomic E-state index is 12.6. The van der Waals surface area contributed by atoms with Crippen LogP contribution in [-0.4, -0.2) is 17.3 Å². The Kier molecular flexibility index (Phi) is 4.96. The first-order valence-electron chi connectivity index (χ1n) is 5.22. The van der Waals surface area contributed by atoms with Crippen LogP contribution in [0.25, 0.3) is 0 Å². The summed E-state index contributed by atoms with van der Waals surface area (Å²) < 4.78 is 12.6. The van der Waals surface area contributed by atoms with Crippen molar-refractivity contribution in [3.8, 4) is 0 Å².